The molecule has 2 atom stereocenters. The number of likely N-dealkylation sites (tertiary alicyclic amines) is 1. The Morgan fingerprint density at radius 2 is 2.00 bits per heavy atom. The molecule has 0 amide bonds. The van der Waals surface area contributed by atoms with Gasteiger partial charge in [0.15, 0.2) is 0 Å². The van der Waals surface area contributed by atoms with Gasteiger partial charge in [-0.15, -0.1) is 12.4 Å². The normalized spacial score (nSPS) is 24.9. The van der Waals surface area contributed by atoms with Gasteiger partial charge in [-0.25, -0.2) is 0 Å². The van der Waals surface area contributed by atoms with Gasteiger partial charge in [-0.3, -0.25) is 0 Å². The van der Waals surface area contributed by atoms with E-state index in [4.69, 9.17) is 5.73 Å². The van der Waals surface area contributed by atoms with Crippen LogP contribution in [0.5, 0.6) is 0 Å². The van der Waals surface area contributed by atoms with E-state index in [9.17, 15) is 0 Å². The zero-order valence-corrected chi connectivity index (χ0v) is 12.1. The summed E-state index contributed by atoms with van der Waals surface area (Å²) in [6.45, 7) is 12.8. The van der Waals surface area contributed by atoms with Crippen molar-refractivity contribution in [3.63, 3.8) is 0 Å². The van der Waals surface area contributed by atoms with Gasteiger partial charge >= 0.3 is 0 Å². The maximum Gasteiger partial charge on any atom is 0.00509 e. The minimum atomic E-state index is 0. The lowest BCUT2D eigenvalue weighted by Crippen LogP contribution is -2.43. The molecule has 0 saturated carbocycles. The van der Waals surface area contributed by atoms with E-state index in [1.54, 1.807) is 0 Å². The van der Waals surface area contributed by atoms with Crippen molar-refractivity contribution in [3.05, 3.63) is 0 Å². The number of rotatable bonds is 3. The molecular formula is C13H29ClN2. The molecule has 0 aliphatic carbocycles. The van der Waals surface area contributed by atoms with Crippen molar-refractivity contribution >= 4 is 12.4 Å². The summed E-state index contributed by atoms with van der Waals surface area (Å²) < 4.78 is 0. The third-order valence-corrected chi connectivity index (χ3v) is 3.46. The lowest BCUT2D eigenvalue weighted by atomic mass is 9.89. The Morgan fingerprint density at radius 1 is 1.38 bits per heavy atom. The van der Waals surface area contributed by atoms with E-state index in [2.05, 4.69) is 32.6 Å². The van der Waals surface area contributed by atoms with E-state index in [1.807, 2.05) is 0 Å². The highest BCUT2D eigenvalue weighted by molar-refractivity contribution is 5.85. The largest absolute Gasteiger partial charge is 0.328 e. The number of hydrogen-bond donors (Lipinski definition) is 1. The first kappa shape index (κ1) is 16.2. The van der Waals surface area contributed by atoms with Gasteiger partial charge in [0.1, 0.15) is 0 Å². The van der Waals surface area contributed by atoms with Crippen molar-refractivity contribution in [2.75, 3.05) is 19.6 Å². The van der Waals surface area contributed by atoms with Crippen molar-refractivity contribution in [1.29, 1.82) is 0 Å². The number of nitrogens with zero attached hydrogens (tertiary/aromatic N) is 1. The lowest BCUT2D eigenvalue weighted by Gasteiger charge is -2.36. The summed E-state index contributed by atoms with van der Waals surface area (Å²) in [6, 6.07) is 0.363. The molecule has 1 aliphatic rings. The van der Waals surface area contributed by atoms with Gasteiger partial charge < -0.3 is 10.6 Å². The highest BCUT2D eigenvalue weighted by Gasteiger charge is 2.23. The fourth-order valence-corrected chi connectivity index (χ4v) is 2.22. The molecule has 1 aliphatic heterocycles. The second-order valence-corrected chi connectivity index (χ2v) is 6.37. The Bertz CT molecular complexity index is 187. The Kier molecular flexibility index (Phi) is 6.92. The smallest absolute Gasteiger partial charge is 0.00509 e. The van der Waals surface area contributed by atoms with E-state index in [-0.39, 0.29) is 12.4 Å². The summed E-state index contributed by atoms with van der Waals surface area (Å²) in [4.78, 5) is 2.60. The van der Waals surface area contributed by atoms with Gasteiger partial charge in [0.05, 0.1) is 0 Å². The maximum atomic E-state index is 5.98. The Morgan fingerprint density at radius 3 is 2.50 bits per heavy atom. The third kappa shape index (κ3) is 6.07. The van der Waals surface area contributed by atoms with Crippen LogP contribution in [0.15, 0.2) is 0 Å². The van der Waals surface area contributed by atoms with Crippen LogP contribution in [-0.2, 0) is 0 Å². The minimum Gasteiger partial charge on any atom is -0.328 e. The summed E-state index contributed by atoms with van der Waals surface area (Å²) in [5, 5.41) is 0. The molecule has 0 aromatic rings. The molecule has 0 aromatic heterocycles. The Hall–Kier alpha value is 0.210. The SMILES string of the molecule is CC(N)C1CCCN(CCC(C)(C)C)C1.Cl. The van der Waals surface area contributed by atoms with E-state index in [0.29, 0.717) is 11.5 Å². The molecule has 0 aromatic carbocycles. The molecular weight excluding hydrogens is 220 g/mol. The van der Waals surface area contributed by atoms with E-state index in [0.717, 1.165) is 5.92 Å². The quantitative estimate of drug-likeness (QED) is 0.832. The first-order chi connectivity index (χ1) is 6.88. The standard InChI is InChI=1S/C13H28N2.ClH/c1-11(14)12-6-5-8-15(10-12)9-7-13(2,3)4;/h11-12H,5-10,14H2,1-4H3;1H. The molecule has 2 unspecified atom stereocenters. The van der Waals surface area contributed by atoms with Crippen LogP contribution in [0.25, 0.3) is 0 Å². The monoisotopic (exact) mass is 248 g/mol. The highest BCUT2D eigenvalue weighted by Crippen LogP contribution is 2.23. The first-order valence-corrected chi connectivity index (χ1v) is 6.36. The number of piperidine rings is 1. The van der Waals surface area contributed by atoms with Crippen LogP contribution in [0, 0.1) is 11.3 Å². The van der Waals surface area contributed by atoms with E-state index in [1.165, 1.54) is 38.9 Å². The second kappa shape index (κ2) is 6.83. The predicted octanol–water partition coefficient (Wildman–Crippen LogP) is 2.90. The molecule has 16 heavy (non-hydrogen) atoms. The van der Waals surface area contributed by atoms with E-state index < -0.39 is 0 Å². The van der Waals surface area contributed by atoms with Gasteiger partial charge in [-0.1, -0.05) is 20.8 Å². The number of halogens is 1. The van der Waals surface area contributed by atoms with Gasteiger partial charge in [0.2, 0.25) is 0 Å². The fourth-order valence-electron chi connectivity index (χ4n) is 2.22. The number of nitrogens with two attached hydrogens (primary N) is 1. The molecule has 1 heterocycles. The second-order valence-electron chi connectivity index (χ2n) is 6.37. The van der Waals surface area contributed by atoms with Crippen LogP contribution >= 0.6 is 12.4 Å². The van der Waals surface area contributed by atoms with Gasteiger partial charge in [-0.05, 0) is 50.6 Å². The number of hydrogen-bond acceptors (Lipinski definition) is 2. The van der Waals surface area contributed by atoms with Crippen LogP contribution in [0.3, 0.4) is 0 Å². The summed E-state index contributed by atoms with van der Waals surface area (Å²) in [6.07, 6.45) is 3.94. The van der Waals surface area contributed by atoms with Crippen molar-refractivity contribution in [2.24, 2.45) is 17.1 Å². The van der Waals surface area contributed by atoms with Gasteiger partial charge in [0, 0.05) is 12.6 Å². The van der Waals surface area contributed by atoms with Crippen molar-refractivity contribution in [3.8, 4) is 0 Å². The molecule has 0 bridgehead atoms. The summed E-state index contributed by atoms with van der Waals surface area (Å²) in [5.74, 6) is 0.721. The third-order valence-electron chi connectivity index (χ3n) is 3.46. The minimum absolute atomic E-state index is 0. The van der Waals surface area contributed by atoms with Gasteiger partial charge in [0.25, 0.3) is 0 Å². The zero-order valence-electron chi connectivity index (χ0n) is 11.3. The van der Waals surface area contributed by atoms with Crippen LogP contribution < -0.4 is 5.73 Å². The molecule has 1 saturated heterocycles. The molecule has 0 spiro atoms. The van der Waals surface area contributed by atoms with Crippen LogP contribution in [0.4, 0.5) is 0 Å². The molecule has 0 radical (unpaired) electrons. The molecule has 3 heteroatoms. The Labute approximate surface area is 107 Å². The van der Waals surface area contributed by atoms with E-state index >= 15 is 0 Å². The first-order valence-electron chi connectivity index (χ1n) is 6.36. The molecule has 1 rings (SSSR count). The van der Waals surface area contributed by atoms with Gasteiger partial charge in [-0.2, -0.15) is 0 Å². The molecule has 98 valence electrons. The summed E-state index contributed by atoms with van der Waals surface area (Å²) >= 11 is 0. The van der Waals surface area contributed by atoms with Crippen LogP contribution in [-0.4, -0.2) is 30.6 Å². The van der Waals surface area contributed by atoms with Crippen molar-refractivity contribution in [2.45, 2.75) is 53.0 Å². The summed E-state index contributed by atoms with van der Waals surface area (Å²) in [7, 11) is 0. The molecule has 2 N–H and O–H groups in total. The van der Waals surface area contributed by atoms with Crippen LogP contribution in [0.1, 0.15) is 47.0 Å². The van der Waals surface area contributed by atoms with Crippen molar-refractivity contribution in [1.82, 2.24) is 4.90 Å². The highest BCUT2D eigenvalue weighted by atomic mass is 35.5. The van der Waals surface area contributed by atoms with Crippen molar-refractivity contribution < 1.29 is 0 Å². The zero-order chi connectivity index (χ0) is 11.5. The Balaban J connectivity index is 0.00000225. The van der Waals surface area contributed by atoms with Crippen LogP contribution in [0.2, 0.25) is 0 Å². The molecule has 1 fully saturated rings. The fraction of sp³-hybridized carbons (Fsp3) is 1.00. The summed E-state index contributed by atoms with van der Waals surface area (Å²) in [5.41, 5.74) is 6.44. The lowest BCUT2D eigenvalue weighted by molar-refractivity contribution is 0.144. The average molecular weight is 249 g/mol. The predicted molar refractivity (Wildman–Crippen MR) is 74.1 cm³/mol. The average Bonchev–Trinajstić information content (AvgIpc) is 2.14. The maximum absolute atomic E-state index is 5.98. The molecule has 2 nitrogen and oxygen atoms in total. The topological polar surface area (TPSA) is 29.3 Å².